The first kappa shape index (κ1) is 17.6. The Balaban J connectivity index is 2.49. The van der Waals surface area contributed by atoms with Crippen molar-refractivity contribution in [1.29, 1.82) is 0 Å². The van der Waals surface area contributed by atoms with Gasteiger partial charge in [-0.25, -0.2) is 4.79 Å². The molecule has 3 nitrogen and oxygen atoms in total. The minimum absolute atomic E-state index is 0.118. The third-order valence-corrected chi connectivity index (χ3v) is 3.55. The largest absolute Gasteiger partial charge is 0.445 e. The van der Waals surface area contributed by atoms with Crippen LogP contribution in [0, 0.1) is 5.92 Å². The second-order valence-corrected chi connectivity index (χ2v) is 6.04. The van der Waals surface area contributed by atoms with Gasteiger partial charge in [0, 0.05) is 6.04 Å². The molecule has 21 heavy (non-hydrogen) atoms. The zero-order valence-corrected chi connectivity index (χ0v) is 13.5. The Labute approximate surface area is 132 Å². The summed E-state index contributed by atoms with van der Waals surface area (Å²) in [6.07, 6.45) is 2.79. The van der Waals surface area contributed by atoms with Gasteiger partial charge in [0.2, 0.25) is 0 Å². The van der Waals surface area contributed by atoms with Crippen LogP contribution in [0.15, 0.2) is 43.0 Å². The number of benzene rings is 1. The monoisotopic (exact) mass is 309 g/mol. The maximum atomic E-state index is 11.9. The van der Waals surface area contributed by atoms with Gasteiger partial charge >= 0.3 is 6.09 Å². The summed E-state index contributed by atoms with van der Waals surface area (Å²) < 4.78 is 5.23. The molecular weight excluding hydrogens is 286 g/mol. The van der Waals surface area contributed by atoms with Crippen LogP contribution in [-0.4, -0.2) is 17.5 Å². The predicted octanol–water partition coefficient (Wildman–Crippen LogP) is 4.51. The first-order chi connectivity index (χ1) is 10.0. The Hall–Kier alpha value is -1.48. The number of halogens is 1. The Kier molecular flexibility index (Phi) is 7.91. The molecule has 0 unspecified atom stereocenters. The second-order valence-electron chi connectivity index (χ2n) is 5.48. The van der Waals surface area contributed by atoms with E-state index in [1.165, 1.54) is 0 Å². The highest BCUT2D eigenvalue weighted by Gasteiger charge is 2.22. The zero-order valence-electron chi connectivity index (χ0n) is 12.7. The summed E-state index contributed by atoms with van der Waals surface area (Å²) in [4.78, 5) is 11.9. The van der Waals surface area contributed by atoms with Crippen molar-refractivity contribution in [1.82, 2.24) is 5.32 Å². The topological polar surface area (TPSA) is 38.3 Å². The molecule has 0 bridgehead atoms. The van der Waals surface area contributed by atoms with Crippen LogP contribution in [0.2, 0.25) is 0 Å². The van der Waals surface area contributed by atoms with Gasteiger partial charge < -0.3 is 10.1 Å². The van der Waals surface area contributed by atoms with Crippen LogP contribution in [0.1, 0.15) is 32.3 Å². The average molecular weight is 310 g/mol. The number of allylic oxidation sites excluding steroid dienone is 1. The van der Waals surface area contributed by atoms with E-state index in [1.54, 1.807) is 6.08 Å². The molecule has 0 fully saturated rings. The van der Waals surface area contributed by atoms with E-state index in [0.29, 0.717) is 12.3 Å². The number of nitrogens with one attached hydrogen (secondary N) is 1. The summed E-state index contributed by atoms with van der Waals surface area (Å²) in [6.45, 7) is 8.15. The standard InChI is InChI=1S/C17H24ClNO2/c1-4-8-15(18)16(11-13(2)3)19-17(20)21-12-14-9-6-5-7-10-14/h4-7,9-10,13,15-16H,1,8,11-12H2,2-3H3,(H,19,20)/t15-,16-/m0/s1. The number of alkyl carbamates (subject to hydrolysis) is 1. The molecule has 2 atom stereocenters. The fourth-order valence-corrected chi connectivity index (χ4v) is 2.34. The smallest absolute Gasteiger partial charge is 0.407 e. The molecule has 1 rings (SSSR count). The summed E-state index contributed by atoms with van der Waals surface area (Å²) >= 11 is 6.31. The van der Waals surface area contributed by atoms with Gasteiger partial charge in [-0.2, -0.15) is 0 Å². The van der Waals surface area contributed by atoms with E-state index in [-0.39, 0.29) is 18.0 Å². The number of carbonyl (C=O) groups is 1. The maximum absolute atomic E-state index is 11.9. The normalized spacial score (nSPS) is 13.5. The Morgan fingerprint density at radius 2 is 2.05 bits per heavy atom. The van der Waals surface area contributed by atoms with Crippen molar-refractivity contribution < 1.29 is 9.53 Å². The van der Waals surface area contributed by atoms with Crippen molar-refractivity contribution in [3.05, 3.63) is 48.6 Å². The van der Waals surface area contributed by atoms with Crippen LogP contribution in [0.4, 0.5) is 4.79 Å². The highest BCUT2D eigenvalue weighted by molar-refractivity contribution is 6.21. The van der Waals surface area contributed by atoms with Crippen LogP contribution in [0.25, 0.3) is 0 Å². The number of alkyl halides is 1. The van der Waals surface area contributed by atoms with E-state index in [1.807, 2.05) is 30.3 Å². The fourth-order valence-electron chi connectivity index (χ4n) is 2.04. The van der Waals surface area contributed by atoms with Crippen molar-refractivity contribution in [2.75, 3.05) is 0 Å². The first-order valence-corrected chi connectivity index (χ1v) is 7.68. The molecule has 0 saturated carbocycles. The number of carbonyl (C=O) groups excluding carboxylic acids is 1. The number of amides is 1. The van der Waals surface area contributed by atoms with Crippen molar-refractivity contribution in [2.24, 2.45) is 5.92 Å². The number of rotatable bonds is 8. The van der Waals surface area contributed by atoms with Gasteiger partial charge in [0.05, 0.1) is 5.38 Å². The molecule has 0 saturated heterocycles. The van der Waals surface area contributed by atoms with Gasteiger partial charge in [-0.1, -0.05) is 50.3 Å². The lowest BCUT2D eigenvalue weighted by molar-refractivity contribution is 0.134. The molecule has 0 aliphatic rings. The summed E-state index contributed by atoms with van der Waals surface area (Å²) in [5.41, 5.74) is 0.960. The van der Waals surface area contributed by atoms with Crippen LogP contribution in [0.3, 0.4) is 0 Å². The molecule has 0 aliphatic heterocycles. The third-order valence-electron chi connectivity index (χ3n) is 3.07. The van der Waals surface area contributed by atoms with E-state index < -0.39 is 6.09 Å². The molecule has 1 aromatic rings. The second kappa shape index (κ2) is 9.46. The van der Waals surface area contributed by atoms with Gasteiger partial charge in [0.15, 0.2) is 0 Å². The molecular formula is C17H24ClNO2. The number of ether oxygens (including phenoxy) is 1. The van der Waals surface area contributed by atoms with Crippen molar-refractivity contribution in [3.8, 4) is 0 Å². The van der Waals surface area contributed by atoms with E-state index in [0.717, 1.165) is 12.0 Å². The summed E-state index contributed by atoms with van der Waals surface area (Å²) in [5, 5.41) is 2.69. The van der Waals surface area contributed by atoms with Crippen molar-refractivity contribution in [3.63, 3.8) is 0 Å². The summed E-state index contributed by atoms with van der Waals surface area (Å²) in [7, 11) is 0. The first-order valence-electron chi connectivity index (χ1n) is 7.25. The Morgan fingerprint density at radius 1 is 1.38 bits per heavy atom. The number of hydrogen-bond donors (Lipinski definition) is 1. The van der Waals surface area contributed by atoms with Gasteiger partial charge in [-0.05, 0) is 24.3 Å². The quantitative estimate of drug-likeness (QED) is 0.566. The SMILES string of the molecule is C=CC[C@H](Cl)[C@H](CC(C)C)NC(=O)OCc1ccccc1. The zero-order chi connectivity index (χ0) is 15.7. The fraction of sp³-hybridized carbons (Fsp3) is 0.471. The van der Waals surface area contributed by atoms with E-state index in [9.17, 15) is 4.79 Å². The lowest BCUT2D eigenvalue weighted by Gasteiger charge is -2.24. The van der Waals surface area contributed by atoms with Crippen molar-refractivity contribution in [2.45, 2.75) is 44.7 Å². The molecule has 116 valence electrons. The van der Waals surface area contributed by atoms with Crippen LogP contribution < -0.4 is 5.32 Å². The highest BCUT2D eigenvalue weighted by Crippen LogP contribution is 2.16. The van der Waals surface area contributed by atoms with E-state index in [4.69, 9.17) is 16.3 Å². The van der Waals surface area contributed by atoms with E-state index in [2.05, 4.69) is 25.7 Å². The average Bonchev–Trinajstić information content (AvgIpc) is 2.45. The van der Waals surface area contributed by atoms with Crippen LogP contribution >= 0.6 is 11.6 Å². The molecule has 1 aromatic carbocycles. The molecule has 0 aliphatic carbocycles. The molecule has 0 radical (unpaired) electrons. The lowest BCUT2D eigenvalue weighted by Crippen LogP contribution is -2.42. The van der Waals surface area contributed by atoms with Gasteiger partial charge in [-0.15, -0.1) is 18.2 Å². The van der Waals surface area contributed by atoms with Crippen molar-refractivity contribution >= 4 is 17.7 Å². The molecule has 0 spiro atoms. The predicted molar refractivity (Wildman–Crippen MR) is 87.5 cm³/mol. The third kappa shape index (κ3) is 7.19. The maximum Gasteiger partial charge on any atom is 0.407 e. The highest BCUT2D eigenvalue weighted by atomic mass is 35.5. The van der Waals surface area contributed by atoms with Gasteiger partial charge in [0.1, 0.15) is 6.61 Å². The minimum atomic E-state index is -0.431. The van der Waals surface area contributed by atoms with E-state index >= 15 is 0 Å². The molecule has 1 N–H and O–H groups in total. The molecule has 0 heterocycles. The summed E-state index contributed by atoms with van der Waals surface area (Å²) in [5.74, 6) is 0.440. The minimum Gasteiger partial charge on any atom is -0.445 e. The lowest BCUT2D eigenvalue weighted by atomic mass is 9.99. The van der Waals surface area contributed by atoms with Gasteiger partial charge in [-0.3, -0.25) is 0 Å². The number of hydrogen-bond acceptors (Lipinski definition) is 2. The summed E-state index contributed by atoms with van der Waals surface area (Å²) in [6, 6.07) is 9.47. The van der Waals surface area contributed by atoms with Crippen LogP contribution in [-0.2, 0) is 11.3 Å². The molecule has 1 amide bonds. The Morgan fingerprint density at radius 3 is 2.62 bits per heavy atom. The Bertz CT molecular complexity index is 434. The molecule has 4 heteroatoms. The molecule has 0 aromatic heterocycles. The van der Waals surface area contributed by atoms with Crippen LogP contribution in [0.5, 0.6) is 0 Å². The van der Waals surface area contributed by atoms with Gasteiger partial charge in [0.25, 0.3) is 0 Å².